The Balaban J connectivity index is 1.38. The molecule has 0 bridgehead atoms. The molecule has 6 rings (SSSR count). The second-order valence-electron chi connectivity index (χ2n) is 17.1. The largest absolute Gasteiger partial charge is 0.497 e. The second kappa shape index (κ2) is 15.7. The van der Waals surface area contributed by atoms with Crippen molar-refractivity contribution in [2.45, 2.75) is 127 Å². The number of fused-ring (bicyclic) bond motifs is 3. The number of rotatable bonds is 8. The molecule has 0 spiro atoms. The molecule has 4 amide bonds. The highest BCUT2D eigenvalue weighted by atomic mass is 35.5. The van der Waals surface area contributed by atoms with Gasteiger partial charge in [0.05, 0.1) is 24.6 Å². The van der Waals surface area contributed by atoms with E-state index in [-0.39, 0.29) is 36.4 Å². The van der Waals surface area contributed by atoms with Crippen molar-refractivity contribution in [2.75, 3.05) is 13.7 Å². The third-order valence-electron chi connectivity index (χ3n) is 11.6. The van der Waals surface area contributed by atoms with Crippen molar-refractivity contribution in [3.05, 3.63) is 41.7 Å². The summed E-state index contributed by atoms with van der Waals surface area (Å²) >= 11 is 6.43. The SMILES string of the molecule is CCC1CC(C)CCC=CC2CC2(C(=O)NS(=O)(=O)C2(C)CC2)NC(=O)C2CC(Oc3cnc(Cl)c4ccc(OC)cc34)CN2C(=O)C1NC(=O)OC(C)(C)C. The van der Waals surface area contributed by atoms with Crippen molar-refractivity contribution >= 4 is 56.2 Å². The lowest BCUT2D eigenvalue weighted by atomic mass is 9.85. The molecule has 2 aromatic rings. The summed E-state index contributed by atoms with van der Waals surface area (Å²) in [7, 11) is -2.47. The first-order chi connectivity index (χ1) is 26.3. The van der Waals surface area contributed by atoms with Crippen LogP contribution in [0.3, 0.4) is 0 Å². The van der Waals surface area contributed by atoms with Gasteiger partial charge >= 0.3 is 6.09 Å². The minimum Gasteiger partial charge on any atom is -0.497 e. The van der Waals surface area contributed by atoms with Crippen molar-refractivity contribution in [1.29, 1.82) is 0 Å². The zero-order chi connectivity index (χ0) is 40.8. The number of aromatic nitrogens is 1. The molecule has 2 aliphatic heterocycles. The molecule has 2 aliphatic carbocycles. The Hall–Kier alpha value is -4.11. The number of amides is 4. The summed E-state index contributed by atoms with van der Waals surface area (Å²) in [4.78, 5) is 62.5. The number of halogens is 1. The fourth-order valence-electron chi connectivity index (χ4n) is 7.81. The van der Waals surface area contributed by atoms with Crippen molar-refractivity contribution in [3.8, 4) is 11.5 Å². The standard InChI is InChI=1S/C40H54ClN5O9S/c1-8-24-17-23(2)11-9-10-12-25-20-40(25,36(49)45-56(51,52)39(6)15-16-39)44-34(47)30-19-27(22-46(30)35(48)32(24)43-37(50)55-38(3,4)5)54-31-21-42-33(41)28-14-13-26(53-7)18-29(28)31/h10,12-14,18,21,23-25,27,30,32H,8-9,11,15-17,19-20,22H2,1-7H3,(H,43,50)(H,44,47)(H,45,49). The first-order valence-electron chi connectivity index (χ1n) is 19.4. The van der Waals surface area contributed by atoms with E-state index in [1.165, 1.54) is 18.2 Å². The average Bonchev–Trinajstić information content (AvgIpc) is 4.01. The lowest BCUT2D eigenvalue weighted by Crippen LogP contribution is -2.59. The van der Waals surface area contributed by atoms with Gasteiger partial charge in [0.1, 0.15) is 46.0 Å². The van der Waals surface area contributed by atoms with Crippen LogP contribution in [-0.2, 0) is 29.1 Å². The Morgan fingerprint density at radius 2 is 1.88 bits per heavy atom. The third kappa shape index (κ3) is 8.73. The van der Waals surface area contributed by atoms with E-state index in [2.05, 4.69) is 27.3 Å². The van der Waals surface area contributed by atoms with Crippen LogP contribution in [0, 0.1) is 17.8 Å². The number of sulfonamides is 1. The molecule has 4 aliphatic rings. The van der Waals surface area contributed by atoms with Gasteiger partial charge in [-0.1, -0.05) is 44.0 Å². The van der Waals surface area contributed by atoms with Crippen LogP contribution in [0.1, 0.15) is 92.9 Å². The van der Waals surface area contributed by atoms with Gasteiger partial charge in [0, 0.05) is 23.1 Å². The van der Waals surface area contributed by atoms with Crippen LogP contribution in [0.2, 0.25) is 5.15 Å². The summed E-state index contributed by atoms with van der Waals surface area (Å²) in [5.74, 6) is -1.65. The maximum atomic E-state index is 14.9. The van der Waals surface area contributed by atoms with E-state index in [0.29, 0.717) is 54.4 Å². The zero-order valence-corrected chi connectivity index (χ0v) is 34.7. The number of hydrogen-bond acceptors (Lipinski definition) is 10. The molecule has 56 heavy (non-hydrogen) atoms. The molecule has 2 saturated carbocycles. The van der Waals surface area contributed by atoms with Crippen molar-refractivity contribution in [1.82, 2.24) is 25.2 Å². The Morgan fingerprint density at radius 3 is 2.54 bits per heavy atom. The van der Waals surface area contributed by atoms with Gasteiger partial charge in [-0.25, -0.2) is 18.2 Å². The number of allylic oxidation sites excluding steroid dienone is 1. The highest BCUT2D eigenvalue weighted by Crippen LogP contribution is 2.48. The number of ether oxygens (including phenoxy) is 3. The summed E-state index contributed by atoms with van der Waals surface area (Å²) in [5.41, 5.74) is -2.38. The summed E-state index contributed by atoms with van der Waals surface area (Å²) < 4.78 is 45.2. The van der Waals surface area contributed by atoms with Gasteiger partial charge in [0.15, 0.2) is 0 Å². The Bertz CT molecular complexity index is 2020. The monoisotopic (exact) mass is 815 g/mol. The zero-order valence-electron chi connectivity index (χ0n) is 33.1. The summed E-state index contributed by atoms with van der Waals surface area (Å²) in [6, 6.07) is 3.07. The first-order valence-corrected chi connectivity index (χ1v) is 21.3. The highest BCUT2D eigenvalue weighted by Gasteiger charge is 2.63. The summed E-state index contributed by atoms with van der Waals surface area (Å²) in [5, 5.41) is 7.25. The van der Waals surface area contributed by atoms with E-state index >= 15 is 0 Å². The molecule has 3 N–H and O–H groups in total. The van der Waals surface area contributed by atoms with Crippen LogP contribution in [0.25, 0.3) is 10.8 Å². The highest BCUT2D eigenvalue weighted by molar-refractivity contribution is 7.91. The van der Waals surface area contributed by atoms with E-state index < -0.39 is 73.8 Å². The molecule has 1 aromatic carbocycles. The Kier molecular flexibility index (Phi) is 11.6. The van der Waals surface area contributed by atoms with Crippen molar-refractivity contribution in [2.24, 2.45) is 17.8 Å². The number of nitrogens with zero attached hydrogens (tertiary/aromatic N) is 2. The molecular weight excluding hydrogens is 762 g/mol. The minimum atomic E-state index is -4.01. The number of nitrogens with one attached hydrogen (secondary N) is 3. The normalized spacial score (nSPS) is 29.2. The van der Waals surface area contributed by atoms with Gasteiger partial charge < -0.3 is 29.7 Å². The number of alkyl carbamates (subject to hydrolysis) is 1. The molecule has 0 radical (unpaired) electrons. The Labute approximate surface area is 333 Å². The lowest BCUT2D eigenvalue weighted by Gasteiger charge is -2.34. The van der Waals surface area contributed by atoms with Gasteiger partial charge in [-0.15, -0.1) is 0 Å². The lowest BCUT2D eigenvalue weighted by molar-refractivity contribution is -0.142. The number of carbonyl (C=O) groups excluding carboxylic acids is 4. The van der Waals surface area contributed by atoms with Crippen molar-refractivity contribution < 1.29 is 41.8 Å². The predicted molar refractivity (Wildman–Crippen MR) is 211 cm³/mol. The molecule has 14 nitrogen and oxygen atoms in total. The molecular formula is C40H54ClN5O9S. The molecule has 1 aromatic heterocycles. The third-order valence-corrected chi connectivity index (χ3v) is 14.0. The molecule has 7 atom stereocenters. The first kappa shape index (κ1) is 41.5. The topological polar surface area (TPSA) is 182 Å². The number of benzene rings is 1. The van der Waals surface area contributed by atoms with Crippen LogP contribution in [0.15, 0.2) is 36.5 Å². The van der Waals surface area contributed by atoms with Crippen molar-refractivity contribution in [3.63, 3.8) is 0 Å². The Morgan fingerprint density at radius 1 is 1.14 bits per heavy atom. The van der Waals surface area contributed by atoms with E-state index in [1.54, 1.807) is 45.9 Å². The predicted octanol–water partition coefficient (Wildman–Crippen LogP) is 5.41. The van der Waals surface area contributed by atoms with E-state index in [0.717, 1.165) is 6.42 Å². The number of pyridine rings is 1. The summed E-state index contributed by atoms with van der Waals surface area (Å²) in [6.07, 6.45) is 7.49. The maximum Gasteiger partial charge on any atom is 0.408 e. The molecule has 306 valence electrons. The quantitative estimate of drug-likeness (QED) is 0.230. The van der Waals surface area contributed by atoms with Gasteiger partial charge in [-0.05, 0) is 96.3 Å². The number of hydrogen-bond donors (Lipinski definition) is 3. The number of carbonyl (C=O) groups is 4. The van der Waals surface area contributed by atoms with Crippen LogP contribution < -0.4 is 24.8 Å². The van der Waals surface area contributed by atoms with Gasteiger partial charge in [0.2, 0.25) is 21.8 Å². The molecule has 16 heteroatoms. The maximum absolute atomic E-state index is 14.9. The van der Waals surface area contributed by atoms with E-state index in [9.17, 15) is 27.6 Å². The smallest absolute Gasteiger partial charge is 0.408 e. The van der Waals surface area contributed by atoms with Crippen LogP contribution in [0.4, 0.5) is 4.79 Å². The number of methoxy groups -OCH3 is 1. The van der Waals surface area contributed by atoms with Crippen LogP contribution in [-0.4, -0.2) is 89.8 Å². The molecule has 3 fully saturated rings. The second-order valence-corrected chi connectivity index (χ2v) is 19.7. The van der Waals surface area contributed by atoms with Gasteiger partial charge in [0.25, 0.3) is 5.91 Å². The molecule has 1 saturated heterocycles. The molecule has 3 heterocycles. The van der Waals surface area contributed by atoms with E-state index in [4.69, 9.17) is 25.8 Å². The minimum absolute atomic E-state index is 0.0204. The van der Waals surface area contributed by atoms with Crippen LogP contribution in [0.5, 0.6) is 11.5 Å². The van der Waals surface area contributed by atoms with Gasteiger partial charge in [-0.2, -0.15) is 0 Å². The fourth-order valence-corrected chi connectivity index (χ4v) is 9.34. The fraction of sp³-hybridized carbons (Fsp3) is 0.625. The van der Waals surface area contributed by atoms with Gasteiger partial charge in [-0.3, -0.25) is 19.1 Å². The van der Waals surface area contributed by atoms with Crippen LogP contribution >= 0.6 is 11.6 Å². The van der Waals surface area contributed by atoms with E-state index in [1.807, 2.05) is 19.1 Å². The summed E-state index contributed by atoms with van der Waals surface area (Å²) in [6.45, 7) is 10.8. The molecule has 7 unspecified atom stereocenters. The average molecular weight is 816 g/mol.